The molecule has 0 radical (unpaired) electrons. The Kier molecular flexibility index (Phi) is 7.16. The topological polar surface area (TPSA) is 143 Å². The summed E-state index contributed by atoms with van der Waals surface area (Å²) in [6.07, 6.45) is 1.43. The van der Waals surface area contributed by atoms with Crippen molar-refractivity contribution in [3.63, 3.8) is 0 Å². The molecule has 37 heavy (non-hydrogen) atoms. The molecule has 12 heteroatoms. The van der Waals surface area contributed by atoms with E-state index in [0.717, 1.165) is 0 Å². The summed E-state index contributed by atoms with van der Waals surface area (Å²) >= 11 is 6.42. The number of hydrogen-bond acceptors (Lipinski definition) is 9. The highest BCUT2D eigenvalue weighted by atomic mass is 35.5. The molecule has 0 saturated carbocycles. The third-order valence-electron chi connectivity index (χ3n) is 5.41. The molecule has 1 aliphatic heterocycles. The highest BCUT2D eigenvalue weighted by molar-refractivity contribution is 6.32. The first kappa shape index (κ1) is 25.3. The van der Waals surface area contributed by atoms with Crippen LogP contribution in [0, 0.1) is 27.2 Å². The summed E-state index contributed by atoms with van der Waals surface area (Å²) in [6, 6.07) is 13.5. The minimum Gasteiger partial charge on any atom is -0.493 e. The van der Waals surface area contributed by atoms with E-state index in [9.17, 15) is 25.0 Å². The van der Waals surface area contributed by atoms with Crippen molar-refractivity contribution in [3.8, 4) is 11.5 Å². The Bertz CT molecular complexity index is 1500. The van der Waals surface area contributed by atoms with Crippen molar-refractivity contribution in [3.05, 3.63) is 108 Å². The van der Waals surface area contributed by atoms with Crippen LogP contribution in [-0.4, -0.2) is 28.8 Å². The molecule has 1 aliphatic rings. The fourth-order valence-electron chi connectivity index (χ4n) is 3.61. The van der Waals surface area contributed by atoms with E-state index in [1.807, 2.05) is 0 Å². The van der Waals surface area contributed by atoms with Crippen LogP contribution in [-0.2, 0) is 16.1 Å². The van der Waals surface area contributed by atoms with E-state index >= 15 is 0 Å². The van der Waals surface area contributed by atoms with Gasteiger partial charge in [-0.1, -0.05) is 29.8 Å². The van der Waals surface area contributed by atoms with Gasteiger partial charge in [-0.15, -0.1) is 0 Å². The zero-order valence-electron chi connectivity index (χ0n) is 19.5. The van der Waals surface area contributed by atoms with Crippen LogP contribution in [0.1, 0.15) is 22.3 Å². The molecule has 0 amide bonds. The lowest BCUT2D eigenvalue weighted by Crippen LogP contribution is -2.08. The Balaban J connectivity index is 1.61. The molecule has 0 saturated heterocycles. The fraction of sp³-hybridized carbons (Fsp3) is 0.120. The number of rotatable bonds is 8. The summed E-state index contributed by atoms with van der Waals surface area (Å²) in [4.78, 5) is 37.9. The number of hydrogen-bond donors (Lipinski definition) is 0. The predicted molar refractivity (Wildman–Crippen MR) is 134 cm³/mol. The Hall–Kier alpha value is -4.77. The smallest absolute Gasteiger partial charge is 0.363 e. The number of carbonyl (C=O) groups is 1. The highest BCUT2D eigenvalue weighted by Gasteiger charge is 2.27. The van der Waals surface area contributed by atoms with Gasteiger partial charge in [0, 0.05) is 29.3 Å². The minimum atomic E-state index is -0.734. The number of esters is 1. The Morgan fingerprint density at radius 1 is 1.08 bits per heavy atom. The molecule has 0 atom stereocenters. The first-order chi connectivity index (χ1) is 17.7. The number of ether oxygens (including phenoxy) is 3. The van der Waals surface area contributed by atoms with Gasteiger partial charge in [-0.05, 0) is 42.3 Å². The molecule has 3 aromatic rings. The van der Waals surface area contributed by atoms with Crippen molar-refractivity contribution in [2.45, 2.75) is 13.5 Å². The molecule has 0 spiro atoms. The Morgan fingerprint density at radius 3 is 2.54 bits per heavy atom. The van der Waals surface area contributed by atoms with Crippen LogP contribution >= 0.6 is 11.6 Å². The van der Waals surface area contributed by atoms with Gasteiger partial charge in [0.25, 0.3) is 11.4 Å². The highest BCUT2D eigenvalue weighted by Crippen LogP contribution is 2.38. The van der Waals surface area contributed by atoms with Crippen molar-refractivity contribution in [1.82, 2.24) is 0 Å². The number of nitro benzene ring substituents is 2. The van der Waals surface area contributed by atoms with Gasteiger partial charge in [0.1, 0.15) is 6.61 Å². The quantitative estimate of drug-likeness (QED) is 0.165. The van der Waals surface area contributed by atoms with Crippen molar-refractivity contribution >= 4 is 40.9 Å². The molecule has 0 unspecified atom stereocenters. The van der Waals surface area contributed by atoms with E-state index in [4.69, 9.17) is 25.8 Å². The second kappa shape index (κ2) is 10.5. The maximum Gasteiger partial charge on any atom is 0.363 e. The van der Waals surface area contributed by atoms with Gasteiger partial charge >= 0.3 is 5.97 Å². The number of nitrogens with zero attached hydrogens (tertiary/aromatic N) is 3. The Labute approximate surface area is 214 Å². The molecule has 0 N–H and O–H groups in total. The largest absolute Gasteiger partial charge is 0.493 e. The van der Waals surface area contributed by atoms with E-state index in [2.05, 4.69) is 4.99 Å². The third kappa shape index (κ3) is 5.41. The van der Waals surface area contributed by atoms with Gasteiger partial charge < -0.3 is 14.2 Å². The molecular formula is C25H18ClN3O8. The third-order valence-corrected chi connectivity index (χ3v) is 5.69. The summed E-state index contributed by atoms with van der Waals surface area (Å²) in [7, 11) is 1.41. The zero-order chi connectivity index (χ0) is 26.7. The molecule has 0 aromatic heterocycles. The molecular weight excluding hydrogens is 506 g/mol. The number of halogens is 1. The van der Waals surface area contributed by atoms with Crippen molar-refractivity contribution < 1.29 is 28.9 Å². The maximum absolute atomic E-state index is 12.5. The number of carbonyl (C=O) groups excluding carboxylic acids is 1. The molecule has 0 bridgehead atoms. The average molecular weight is 524 g/mol. The van der Waals surface area contributed by atoms with Crippen LogP contribution in [0.25, 0.3) is 6.08 Å². The van der Waals surface area contributed by atoms with E-state index in [1.54, 1.807) is 31.2 Å². The monoisotopic (exact) mass is 523 g/mol. The molecule has 0 fully saturated rings. The first-order valence-electron chi connectivity index (χ1n) is 10.7. The van der Waals surface area contributed by atoms with Gasteiger partial charge in [-0.25, -0.2) is 9.79 Å². The van der Waals surface area contributed by atoms with Gasteiger partial charge in [0.05, 0.1) is 22.0 Å². The number of nitro groups is 2. The van der Waals surface area contributed by atoms with E-state index in [1.165, 1.54) is 43.5 Å². The van der Waals surface area contributed by atoms with Gasteiger partial charge in [-0.2, -0.15) is 0 Å². The second-order valence-corrected chi connectivity index (χ2v) is 8.20. The van der Waals surface area contributed by atoms with Crippen molar-refractivity contribution in [2.24, 2.45) is 4.99 Å². The lowest BCUT2D eigenvalue weighted by atomic mass is 10.1. The summed E-state index contributed by atoms with van der Waals surface area (Å²) in [5.41, 5.74) is 1.43. The van der Waals surface area contributed by atoms with Crippen molar-refractivity contribution in [2.75, 3.05) is 7.11 Å². The molecule has 4 rings (SSSR count). The van der Waals surface area contributed by atoms with Crippen LogP contribution in [0.15, 0.2) is 65.3 Å². The van der Waals surface area contributed by atoms with Crippen LogP contribution < -0.4 is 9.47 Å². The number of benzene rings is 3. The molecule has 1 heterocycles. The molecule has 0 aliphatic carbocycles. The zero-order valence-corrected chi connectivity index (χ0v) is 20.2. The first-order valence-corrected chi connectivity index (χ1v) is 11.1. The number of cyclic esters (lactones) is 1. The van der Waals surface area contributed by atoms with Crippen LogP contribution in [0.3, 0.4) is 0 Å². The standard InChI is InChI=1S/C25H18ClN3O8/c1-14-18(7-4-8-21(14)29(33)34)24-27-20(25(30)37-24)11-16-10-19(26)23(22(12-16)35-2)36-13-15-5-3-6-17(9-15)28(31)32/h3-12H,13H2,1-2H3/b20-11-. The Morgan fingerprint density at radius 2 is 1.84 bits per heavy atom. The molecule has 188 valence electrons. The second-order valence-electron chi connectivity index (χ2n) is 7.79. The number of methoxy groups -OCH3 is 1. The average Bonchev–Trinajstić information content (AvgIpc) is 3.22. The fourth-order valence-corrected chi connectivity index (χ4v) is 3.89. The maximum atomic E-state index is 12.5. The minimum absolute atomic E-state index is 0.000733. The van der Waals surface area contributed by atoms with Crippen molar-refractivity contribution in [1.29, 1.82) is 0 Å². The summed E-state index contributed by atoms with van der Waals surface area (Å²) in [6.45, 7) is 1.54. The number of aliphatic imine (C=N–C) groups is 1. The lowest BCUT2D eigenvalue weighted by molar-refractivity contribution is -0.385. The van der Waals surface area contributed by atoms with E-state index in [-0.39, 0.29) is 46.1 Å². The predicted octanol–water partition coefficient (Wildman–Crippen LogP) is 5.40. The van der Waals surface area contributed by atoms with Gasteiger partial charge in [0.2, 0.25) is 5.90 Å². The van der Waals surface area contributed by atoms with Gasteiger partial charge in [-0.3, -0.25) is 20.2 Å². The van der Waals surface area contributed by atoms with Crippen LogP contribution in [0.5, 0.6) is 11.5 Å². The van der Waals surface area contributed by atoms with Crippen LogP contribution in [0.2, 0.25) is 5.02 Å². The summed E-state index contributed by atoms with van der Waals surface area (Å²) in [5.74, 6) is -0.312. The SMILES string of the molecule is COc1cc(/C=C2\N=C(c3cccc([N+](=O)[O-])c3C)OC2=O)cc(Cl)c1OCc1cccc([N+](=O)[O-])c1. The normalized spacial score (nSPS) is 13.8. The van der Waals surface area contributed by atoms with Crippen LogP contribution in [0.4, 0.5) is 11.4 Å². The lowest BCUT2D eigenvalue weighted by Gasteiger charge is -2.13. The van der Waals surface area contributed by atoms with E-state index < -0.39 is 15.8 Å². The summed E-state index contributed by atoms with van der Waals surface area (Å²) in [5, 5.41) is 22.4. The summed E-state index contributed by atoms with van der Waals surface area (Å²) < 4.78 is 16.4. The molecule has 3 aromatic carbocycles. The van der Waals surface area contributed by atoms with Gasteiger partial charge in [0.15, 0.2) is 17.2 Å². The number of non-ortho nitro benzene ring substituents is 1. The van der Waals surface area contributed by atoms with E-state index in [0.29, 0.717) is 22.3 Å². The molecule has 11 nitrogen and oxygen atoms in total.